The fraction of sp³-hybridized carbons (Fsp3) is 0.167. The summed E-state index contributed by atoms with van der Waals surface area (Å²) in [5.74, 6) is -0.0116. The van der Waals surface area contributed by atoms with Crippen LogP contribution in [-0.4, -0.2) is 15.9 Å². The van der Waals surface area contributed by atoms with Gasteiger partial charge in [-0.2, -0.15) is 0 Å². The van der Waals surface area contributed by atoms with Gasteiger partial charge in [0.05, 0.1) is 0 Å². The van der Waals surface area contributed by atoms with Crippen LogP contribution < -0.4 is 11.5 Å². The van der Waals surface area contributed by atoms with Gasteiger partial charge in [-0.15, -0.1) is 0 Å². The van der Waals surface area contributed by atoms with Gasteiger partial charge in [-0.1, -0.05) is 0 Å². The maximum absolute atomic E-state index is 9.22. The normalized spacial score (nSPS) is 7.73. The van der Waals surface area contributed by atoms with Gasteiger partial charge in [-0.25, -0.2) is 9.97 Å². The number of nitrogens with two attached hydrogens (primary N) is 2. The Morgan fingerprint density at radius 3 is 2.00 bits per heavy atom. The van der Waals surface area contributed by atoms with Gasteiger partial charge in [0, 0.05) is 19.3 Å². The first-order chi connectivity index (χ1) is 5.13. The summed E-state index contributed by atoms with van der Waals surface area (Å²) in [6.07, 6.45) is 3.20. The fourth-order valence-corrected chi connectivity index (χ4v) is 0.311. The van der Waals surface area contributed by atoms with Gasteiger partial charge < -0.3 is 11.5 Å². The maximum atomic E-state index is 9.22. The van der Waals surface area contributed by atoms with Crippen LogP contribution >= 0.6 is 0 Å². The van der Waals surface area contributed by atoms with Gasteiger partial charge in [0.1, 0.15) is 0 Å². The van der Waals surface area contributed by atoms with E-state index in [1.165, 1.54) is 6.92 Å². The summed E-state index contributed by atoms with van der Waals surface area (Å²) < 4.78 is 0. The quantitative estimate of drug-likeness (QED) is 0.529. The van der Waals surface area contributed by atoms with Crippen LogP contribution in [0.5, 0.6) is 0 Å². The fourth-order valence-electron chi connectivity index (χ4n) is 0.311. The largest absolute Gasteiger partial charge is 0.370 e. The van der Waals surface area contributed by atoms with Crippen molar-refractivity contribution in [1.82, 2.24) is 9.97 Å². The molecule has 0 aliphatic carbocycles. The minimum atomic E-state index is -0.333. The first-order valence-corrected chi connectivity index (χ1v) is 2.91. The summed E-state index contributed by atoms with van der Waals surface area (Å²) in [5, 5.41) is 0. The molecule has 11 heavy (non-hydrogen) atoms. The molecule has 0 aromatic carbocycles. The third-order valence-corrected chi connectivity index (χ3v) is 0.586. The number of amides is 1. The van der Waals surface area contributed by atoms with Crippen LogP contribution in [0.15, 0.2) is 18.5 Å². The van der Waals surface area contributed by atoms with Gasteiger partial charge in [-0.05, 0) is 6.07 Å². The lowest BCUT2D eigenvalue weighted by Gasteiger charge is -1.82. The Labute approximate surface area is 64.4 Å². The third-order valence-electron chi connectivity index (χ3n) is 0.586. The monoisotopic (exact) mass is 154 g/mol. The topological polar surface area (TPSA) is 94.9 Å². The van der Waals surface area contributed by atoms with Crippen LogP contribution in [0, 0.1) is 0 Å². The first-order valence-electron chi connectivity index (χ1n) is 2.91. The number of hydrogen-bond donors (Lipinski definition) is 2. The van der Waals surface area contributed by atoms with Gasteiger partial charge >= 0.3 is 0 Å². The predicted molar refractivity (Wildman–Crippen MR) is 41.3 cm³/mol. The van der Waals surface area contributed by atoms with E-state index in [1.54, 1.807) is 18.5 Å². The lowest BCUT2D eigenvalue weighted by Crippen LogP contribution is -2.01. The van der Waals surface area contributed by atoms with Gasteiger partial charge in [0.25, 0.3) is 0 Å². The zero-order chi connectivity index (χ0) is 8.69. The van der Waals surface area contributed by atoms with E-state index in [-0.39, 0.29) is 5.91 Å². The summed E-state index contributed by atoms with van der Waals surface area (Å²) in [6.45, 7) is 1.31. The van der Waals surface area contributed by atoms with Crippen molar-refractivity contribution in [3.8, 4) is 0 Å². The molecule has 1 amide bonds. The molecule has 5 nitrogen and oxygen atoms in total. The Bertz CT molecular complexity index is 207. The highest BCUT2D eigenvalue weighted by atomic mass is 16.1. The van der Waals surface area contributed by atoms with Gasteiger partial charge in [0.2, 0.25) is 11.9 Å². The van der Waals surface area contributed by atoms with Crippen molar-refractivity contribution >= 4 is 11.9 Å². The molecular weight excluding hydrogens is 144 g/mol. The van der Waals surface area contributed by atoms with E-state index in [1.807, 2.05) is 0 Å². The molecule has 1 rings (SSSR count). The second kappa shape index (κ2) is 5.16. The summed E-state index contributed by atoms with van der Waals surface area (Å²) in [6, 6.07) is 1.72. The van der Waals surface area contributed by atoms with E-state index in [0.717, 1.165) is 0 Å². The van der Waals surface area contributed by atoms with E-state index in [0.29, 0.717) is 5.95 Å². The number of carbonyl (C=O) groups excluding carboxylic acids is 1. The van der Waals surface area contributed by atoms with Crippen LogP contribution in [0.2, 0.25) is 0 Å². The summed E-state index contributed by atoms with van der Waals surface area (Å²) in [4.78, 5) is 16.5. The number of aromatic nitrogens is 2. The Kier molecular flexibility index (Phi) is 4.39. The van der Waals surface area contributed by atoms with E-state index >= 15 is 0 Å². The lowest BCUT2D eigenvalue weighted by atomic mass is 10.7. The molecule has 0 spiro atoms. The molecule has 0 saturated carbocycles. The van der Waals surface area contributed by atoms with E-state index in [9.17, 15) is 4.79 Å². The average molecular weight is 154 g/mol. The molecule has 5 heteroatoms. The van der Waals surface area contributed by atoms with Gasteiger partial charge in [-0.3, -0.25) is 4.79 Å². The van der Waals surface area contributed by atoms with Crippen LogP contribution in [-0.2, 0) is 4.79 Å². The zero-order valence-corrected chi connectivity index (χ0v) is 6.19. The van der Waals surface area contributed by atoms with E-state index in [2.05, 4.69) is 15.7 Å². The molecule has 0 bridgehead atoms. The molecule has 0 unspecified atom stereocenters. The van der Waals surface area contributed by atoms with E-state index < -0.39 is 0 Å². The maximum Gasteiger partial charge on any atom is 0.219 e. The molecule has 0 aliphatic rings. The second-order valence-electron chi connectivity index (χ2n) is 1.72. The van der Waals surface area contributed by atoms with Crippen LogP contribution in [0.4, 0.5) is 5.95 Å². The average Bonchev–Trinajstić information content (AvgIpc) is 1.87. The first kappa shape index (κ1) is 9.35. The SMILES string of the molecule is CC(N)=O.Nc1ncccn1. The van der Waals surface area contributed by atoms with Crippen molar-refractivity contribution in [3.63, 3.8) is 0 Å². The molecule has 0 radical (unpaired) electrons. The molecular formula is C6H10N4O. The minimum Gasteiger partial charge on any atom is -0.370 e. The highest BCUT2D eigenvalue weighted by Crippen LogP contribution is 1.81. The Balaban J connectivity index is 0.000000218. The molecule has 60 valence electrons. The number of primary amides is 1. The molecule has 1 aromatic heterocycles. The number of carbonyl (C=O) groups is 1. The van der Waals surface area contributed by atoms with E-state index in [4.69, 9.17) is 5.73 Å². The van der Waals surface area contributed by atoms with Crippen molar-refractivity contribution in [2.24, 2.45) is 5.73 Å². The Morgan fingerprint density at radius 1 is 1.45 bits per heavy atom. The third kappa shape index (κ3) is 8.35. The number of rotatable bonds is 0. The second-order valence-corrected chi connectivity index (χ2v) is 1.72. The molecule has 0 atom stereocenters. The van der Waals surface area contributed by atoms with Crippen LogP contribution in [0.25, 0.3) is 0 Å². The smallest absolute Gasteiger partial charge is 0.219 e. The summed E-state index contributed by atoms with van der Waals surface area (Å²) in [7, 11) is 0. The standard InChI is InChI=1S/C4H5N3.C2H5NO/c5-4-6-2-1-3-7-4;1-2(3)4/h1-3H,(H2,5,6,7);1H3,(H2,3,4). The van der Waals surface area contributed by atoms with Crippen molar-refractivity contribution in [2.45, 2.75) is 6.92 Å². The van der Waals surface area contributed by atoms with Crippen molar-refractivity contribution in [3.05, 3.63) is 18.5 Å². The number of hydrogen-bond acceptors (Lipinski definition) is 4. The molecule has 1 aromatic rings. The van der Waals surface area contributed by atoms with Crippen LogP contribution in [0.1, 0.15) is 6.92 Å². The van der Waals surface area contributed by atoms with Crippen molar-refractivity contribution in [1.29, 1.82) is 0 Å². The minimum absolute atomic E-state index is 0.322. The van der Waals surface area contributed by atoms with Crippen molar-refractivity contribution < 1.29 is 4.79 Å². The number of nitrogen functional groups attached to an aromatic ring is 1. The molecule has 1 heterocycles. The Morgan fingerprint density at radius 2 is 1.82 bits per heavy atom. The molecule has 0 aliphatic heterocycles. The van der Waals surface area contributed by atoms with Gasteiger partial charge in [0.15, 0.2) is 0 Å². The molecule has 0 saturated heterocycles. The highest BCUT2D eigenvalue weighted by Gasteiger charge is 1.75. The highest BCUT2D eigenvalue weighted by molar-refractivity contribution is 5.70. The molecule has 0 fully saturated rings. The zero-order valence-electron chi connectivity index (χ0n) is 6.19. The Hall–Kier alpha value is -1.65. The van der Waals surface area contributed by atoms with Crippen LogP contribution in [0.3, 0.4) is 0 Å². The summed E-state index contributed by atoms with van der Waals surface area (Å²) >= 11 is 0. The molecule has 4 N–H and O–H groups in total. The summed E-state index contributed by atoms with van der Waals surface area (Å²) in [5.41, 5.74) is 9.61. The number of nitrogens with zero attached hydrogens (tertiary/aromatic N) is 2. The lowest BCUT2D eigenvalue weighted by molar-refractivity contribution is -0.115. The predicted octanol–water partition coefficient (Wildman–Crippen LogP) is -0.450. The van der Waals surface area contributed by atoms with Crippen molar-refractivity contribution in [2.75, 3.05) is 5.73 Å². The number of anilines is 1.